The number of rotatable bonds is 4. The Morgan fingerprint density at radius 1 is 1.05 bits per heavy atom. The SMILES string of the molecule is CS(=O)(=O)CCS(=O)(=O)N1C[C@H]2CCC(N)C[C@H]2C1. The predicted molar refractivity (Wildman–Crippen MR) is 73.9 cm³/mol. The van der Waals surface area contributed by atoms with E-state index < -0.39 is 19.9 Å². The zero-order valence-corrected chi connectivity index (χ0v) is 12.8. The molecule has 0 amide bonds. The molecule has 2 N–H and O–H groups in total. The second-order valence-corrected chi connectivity index (χ2v) is 10.2. The Balaban J connectivity index is 1.99. The summed E-state index contributed by atoms with van der Waals surface area (Å²) in [5, 5.41) is 0. The lowest BCUT2D eigenvalue weighted by Crippen LogP contribution is -2.34. The highest BCUT2D eigenvalue weighted by molar-refractivity contribution is 7.93. The highest BCUT2D eigenvalue weighted by Crippen LogP contribution is 2.36. The topological polar surface area (TPSA) is 97.5 Å². The van der Waals surface area contributed by atoms with Gasteiger partial charge in [0.15, 0.2) is 0 Å². The van der Waals surface area contributed by atoms with Crippen molar-refractivity contribution in [1.82, 2.24) is 4.31 Å². The van der Waals surface area contributed by atoms with Crippen LogP contribution in [0.4, 0.5) is 0 Å². The van der Waals surface area contributed by atoms with Crippen LogP contribution in [0.5, 0.6) is 0 Å². The summed E-state index contributed by atoms with van der Waals surface area (Å²) in [5.74, 6) is 0.127. The number of nitrogens with two attached hydrogens (primary N) is 1. The van der Waals surface area contributed by atoms with E-state index in [0.717, 1.165) is 25.5 Å². The fourth-order valence-electron chi connectivity index (χ4n) is 3.04. The minimum Gasteiger partial charge on any atom is -0.328 e. The highest BCUT2D eigenvalue weighted by atomic mass is 32.2. The third-order valence-corrected chi connectivity index (χ3v) is 7.17. The van der Waals surface area contributed by atoms with Crippen LogP contribution < -0.4 is 5.73 Å². The molecule has 2 fully saturated rings. The van der Waals surface area contributed by atoms with Crippen LogP contribution in [0.25, 0.3) is 0 Å². The first-order chi connectivity index (χ1) is 8.67. The van der Waals surface area contributed by atoms with Crippen molar-refractivity contribution in [3.8, 4) is 0 Å². The van der Waals surface area contributed by atoms with Crippen LogP contribution in [-0.2, 0) is 19.9 Å². The molecule has 3 atom stereocenters. The van der Waals surface area contributed by atoms with Crippen molar-refractivity contribution in [2.24, 2.45) is 17.6 Å². The lowest BCUT2D eigenvalue weighted by Gasteiger charge is -2.28. The van der Waals surface area contributed by atoms with E-state index in [-0.39, 0.29) is 17.5 Å². The van der Waals surface area contributed by atoms with E-state index in [1.807, 2.05) is 0 Å². The fourth-order valence-corrected chi connectivity index (χ4v) is 6.19. The molecule has 0 aromatic rings. The van der Waals surface area contributed by atoms with Gasteiger partial charge in [-0.2, -0.15) is 0 Å². The molecule has 2 rings (SSSR count). The van der Waals surface area contributed by atoms with Crippen molar-refractivity contribution in [1.29, 1.82) is 0 Å². The second-order valence-electron chi connectivity index (χ2n) is 5.86. The van der Waals surface area contributed by atoms with Gasteiger partial charge in [0.1, 0.15) is 9.84 Å². The Bertz CT molecular complexity index is 529. The Morgan fingerprint density at radius 3 is 2.32 bits per heavy atom. The average Bonchev–Trinajstić information content (AvgIpc) is 2.69. The molecule has 0 bridgehead atoms. The first kappa shape index (κ1) is 15.2. The van der Waals surface area contributed by atoms with Gasteiger partial charge >= 0.3 is 0 Å². The van der Waals surface area contributed by atoms with Gasteiger partial charge < -0.3 is 5.73 Å². The van der Waals surface area contributed by atoms with Gasteiger partial charge in [0.25, 0.3) is 0 Å². The van der Waals surface area contributed by atoms with Crippen LogP contribution in [0.2, 0.25) is 0 Å². The van der Waals surface area contributed by atoms with Gasteiger partial charge in [-0.05, 0) is 31.1 Å². The van der Waals surface area contributed by atoms with E-state index in [9.17, 15) is 16.8 Å². The predicted octanol–water partition coefficient (Wildman–Crippen LogP) is -0.580. The van der Waals surface area contributed by atoms with E-state index in [1.165, 1.54) is 4.31 Å². The van der Waals surface area contributed by atoms with Gasteiger partial charge in [0.05, 0.1) is 11.5 Å². The summed E-state index contributed by atoms with van der Waals surface area (Å²) in [6, 6.07) is 0.180. The van der Waals surface area contributed by atoms with E-state index in [2.05, 4.69) is 0 Å². The molecular weight excluding hydrogens is 288 g/mol. The largest absolute Gasteiger partial charge is 0.328 e. The Morgan fingerprint density at radius 2 is 1.68 bits per heavy atom. The fraction of sp³-hybridized carbons (Fsp3) is 1.00. The van der Waals surface area contributed by atoms with Crippen molar-refractivity contribution in [3.05, 3.63) is 0 Å². The Labute approximate surface area is 115 Å². The summed E-state index contributed by atoms with van der Waals surface area (Å²) >= 11 is 0. The molecule has 0 radical (unpaired) electrons. The van der Waals surface area contributed by atoms with Crippen molar-refractivity contribution in [2.75, 3.05) is 30.9 Å². The second kappa shape index (κ2) is 5.31. The third kappa shape index (κ3) is 3.90. The number of fused-ring (bicyclic) bond motifs is 1. The van der Waals surface area contributed by atoms with Crippen LogP contribution in [0.3, 0.4) is 0 Å². The summed E-state index contributed by atoms with van der Waals surface area (Å²) in [6.45, 7) is 1.04. The average molecular weight is 310 g/mol. The first-order valence-corrected chi connectivity index (χ1v) is 10.3. The highest BCUT2D eigenvalue weighted by Gasteiger charge is 2.41. The quantitative estimate of drug-likeness (QED) is 0.749. The molecule has 1 saturated heterocycles. The Hall–Kier alpha value is -0.180. The maximum absolute atomic E-state index is 12.1. The van der Waals surface area contributed by atoms with E-state index in [1.54, 1.807) is 0 Å². The molecule has 8 heteroatoms. The van der Waals surface area contributed by atoms with Gasteiger partial charge in [0, 0.05) is 25.4 Å². The lowest BCUT2D eigenvalue weighted by molar-refractivity contribution is 0.271. The molecule has 112 valence electrons. The molecule has 1 heterocycles. The molecule has 19 heavy (non-hydrogen) atoms. The molecule has 1 aliphatic carbocycles. The standard InChI is InChI=1S/C11H22N2O4S2/c1-18(14,15)4-5-19(16,17)13-7-9-2-3-11(12)6-10(9)8-13/h9-11H,2-8,12H2,1H3/t9-,10+,11?/m1/s1. The van der Waals surface area contributed by atoms with Crippen LogP contribution in [-0.4, -0.2) is 58.0 Å². The van der Waals surface area contributed by atoms with Crippen LogP contribution in [0, 0.1) is 11.8 Å². The normalized spacial score (nSPS) is 33.3. The molecule has 1 unspecified atom stereocenters. The summed E-state index contributed by atoms with van der Waals surface area (Å²) in [6.07, 6.45) is 3.87. The zero-order valence-electron chi connectivity index (χ0n) is 11.2. The van der Waals surface area contributed by atoms with Crippen LogP contribution in [0.1, 0.15) is 19.3 Å². The molecule has 6 nitrogen and oxygen atoms in total. The molecular formula is C11H22N2O4S2. The lowest BCUT2D eigenvalue weighted by atomic mass is 9.79. The summed E-state index contributed by atoms with van der Waals surface area (Å²) in [7, 11) is -6.70. The molecule has 1 saturated carbocycles. The van der Waals surface area contributed by atoms with E-state index >= 15 is 0 Å². The van der Waals surface area contributed by atoms with Crippen molar-refractivity contribution in [3.63, 3.8) is 0 Å². The van der Waals surface area contributed by atoms with Gasteiger partial charge in [-0.25, -0.2) is 21.1 Å². The van der Waals surface area contributed by atoms with Crippen LogP contribution >= 0.6 is 0 Å². The van der Waals surface area contributed by atoms with E-state index in [4.69, 9.17) is 5.73 Å². The maximum atomic E-state index is 12.1. The van der Waals surface area contributed by atoms with Gasteiger partial charge in [-0.3, -0.25) is 0 Å². The molecule has 0 aromatic carbocycles. The number of hydrogen-bond acceptors (Lipinski definition) is 5. The molecule has 1 aliphatic heterocycles. The van der Waals surface area contributed by atoms with Crippen LogP contribution in [0.15, 0.2) is 0 Å². The van der Waals surface area contributed by atoms with Crippen molar-refractivity contribution >= 4 is 19.9 Å². The summed E-state index contributed by atoms with van der Waals surface area (Å²) in [5.41, 5.74) is 5.91. The van der Waals surface area contributed by atoms with E-state index in [0.29, 0.717) is 24.9 Å². The zero-order chi connectivity index (χ0) is 14.3. The monoisotopic (exact) mass is 310 g/mol. The minimum atomic E-state index is -3.46. The van der Waals surface area contributed by atoms with Gasteiger partial charge in [0.2, 0.25) is 10.0 Å². The molecule has 0 spiro atoms. The number of hydrogen-bond donors (Lipinski definition) is 1. The number of nitrogens with zero attached hydrogens (tertiary/aromatic N) is 1. The van der Waals surface area contributed by atoms with Gasteiger partial charge in [-0.1, -0.05) is 0 Å². The van der Waals surface area contributed by atoms with Gasteiger partial charge in [-0.15, -0.1) is 0 Å². The maximum Gasteiger partial charge on any atom is 0.215 e. The smallest absolute Gasteiger partial charge is 0.215 e. The third-order valence-electron chi connectivity index (χ3n) is 4.16. The minimum absolute atomic E-state index is 0.180. The summed E-state index contributed by atoms with van der Waals surface area (Å²) < 4.78 is 47.9. The summed E-state index contributed by atoms with van der Waals surface area (Å²) in [4.78, 5) is 0. The Kier molecular flexibility index (Phi) is 4.25. The molecule has 2 aliphatic rings. The molecule has 0 aromatic heterocycles. The number of sulfonamides is 1. The van der Waals surface area contributed by atoms with Crippen molar-refractivity contribution < 1.29 is 16.8 Å². The number of sulfone groups is 1. The van der Waals surface area contributed by atoms with Crippen molar-refractivity contribution in [2.45, 2.75) is 25.3 Å². The first-order valence-electron chi connectivity index (χ1n) is 6.58.